The fraction of sp³-hybridized carbons (Fsp3) is 0.769. The SMILES string of the molecule is CCCNC(C)(CC(C)Sc1ncn[nH]1)C(=O)OCC. The van der Waals surface area contributed by atoms with Crippen LogP contribution in [0.3, 0.4) is 0 Å². The first-order chi connectivity index (χ1) is 9.51. The highest BCUT2D eigenvalue weighted by Crippen LogP contribution is 2.26. The van der Waals surface area contributed by atoms with Gasteiger partial charge in [0.1, 0.15) is 11.9 Å². The Morgan fingerprint density at radius 2 is 2.35 bits per heavy atom. The third-order valence-electron chi connectivity index (χ3n) is 2.89. The summed E-state index contributed by atoms with van der Waals surface area (Å²) in [4.78, 5) is 16.3. The molecule has 0 aliphatic rings. The highest BCUT2D eigenvalue weighted by Gasteiger charge is 2.35. The monoisotopic (exact) mass is 300 g/mol. The van der Waals surface area contributed by atoms with Crippen LogP contribution in [0.1, 0.15) is 40.5 Å². The molecule has 0 spiro atoms. The van der Waals surface area contributed by atoms with E-state index >= 15 is 0 Å². The summed E-state index contributed by atoms with van der Waals surface area (Å²) in [6.07, 6.45) is 3.12. The van der Waals surface area contributed by atoms with Crippen molar-refractivity contribution >= 4 is 17.7 Å². The molecule has 7 heteroatoms. The maximum Gasteiger partial charge on any atom is 0.326 e. The van der Waals surface area contributed by atoms with Gasteiger partial charge < -0.3 is 10.1 Å². The fourth-order valence-electron chi connectivity index (χ4n) is 1.98. The molecule has 0 amide bonds. The number of hydrogen-bond donors (Lipinski definition) is 2. The number of nitrogens with zero attached hydrogens (tertiary/aromatic N) is 2. The van der Waals surface area contributed by atoms with E-state index in [9.17, 15) is 4.79 Å². The van der Waals surface area contributed by atoms with Gasteiger partial charge in [-0.25, -0.2) is 4.98 Å². The number of thioether (sulfide) groups is 1. The summed E-state index contributed by atoms with van der Waals surface area (Å²) >= 11 is 1.57. The van der Waals surface area contributed by atoms with Crippen LogP contribution < -0.4 is 5.32 Å². The highest BCUT2D eigenvalue weighted by atomic mass is 32.2. The second-order valence-electron chi connectivity index (χ2n) is 4.90. The van der Waals surface area contributed by atoms with Gasteiger partial charge in [0.15, 0.2) is 5.16 Å². The molecule has 1 aromatic heterocycles. The van der Waals surface area contributed by atoms with Crippen molar-refractivity contribution in [2.75, 3.05) is 13.2 Å². The number of nitrogens with one attached hydrogen (secondary N) is 2. The van der Waals surface area contributed by atoms with Gasteiger partial charge in [0.2, 0.25) is 0 Å². The zero-order valence-corrected chi connectivity index (χ0v) is 13.4. The van der Waals surface area contributed by atoms with E-state index in [1.807, 2.05) is 13.8 Å². The molecule has 0 aromatic carbocycles. The number of rotatable bonds is 9. The lowest BCUT2D eigenvalue weighted by molar-refractivity contribution is -0.150. The molecular weight excluding hydrogens is 276 g/mol. The average Bonchev–Trinajstić information content (AvgIpc) is 2.89. The lowest BCUT2D eigenvalue weighted by Gasteiger charge is -2.30. The second kappa shape index (κ2) is 8.26. The first-order valence-corrected chi connectivity index (χ1v) is 7.84. The summed E-state index contributed by atoms with van der Waals surface area (Å²) in [5.74, 6) is -0.196. The third kappa shape index (κ3) is 5.13. The Bertz CT molecular complexity index is 399. The molecule has 2 N–H and O–H groups in total. The minimum atomic E-state index is -0.668. The Hall–Kier alpha value is -1.08. The van der Waals surface area contributed by atoms with Crippen LogP contribution in [0.15, 0.2) is 11.5 Å². The molecule has 0 aliphatic carbocycles. The van der Waals surface area contributed by atoms with Crippen molar-refractivity contribution in [1.82, 2.24) is 20.5 Å². The lowest BCUT2D eigenvalue weighted by atomic mass is 9.96. The van der Waals surface area contributed by atoms with E-state index in [1.54, 1.807) is 11.8 Å². The van der Waals surface area contributed by atoms with E-state index in [-0.39, 0.29) is 11.2 Å². The quantitative estimate of drug-likeness (QED) is 0.536. The number of aromatic amines is 1. The largest absolute Gasteiger partial charge is 0.465 e. The summed E-state index contributed by atoms with van der Waals surface area (Å²) in [7, 11) is 0. The summed E-state index contributed by atoms with van der Waals surface area (Å²) in [6, 6.07) is 0. The van der Waals surface area contributed by atoms with Crippen molar-refractivity contribution in [2.45, 2.75) is 56.5 Å². The summed E-state index contributed by atoms with van der Waals surface area (Å²) in [5, 5.41) is 10.9. The molecule has 1 heterocycles. The van der Waals surface area contributed by atoms with Crippen LogP contribution in [0, 0.1) is 0 Å². The fourth-order valence-corrected chi connectivity index (χ4v) is 2.99. The van der Waals surface area contributed by atoms with Crippen LogP contribution in [-0.4, -0.2) is 45.1 Å². The molecule has 0 radical (unpaired) electrons. The zero-order valence-electron chi connectivity index (χ0n) is 12.6. The molecule has 2 unspecified atom stereocenters. The predicted molar refractivity (Wildman–Crippen MR) is 79.7 cm³/mol. The van der Waals surface area contributed by atoms with Gasteiger partial charge in [-0.3, -0.25) is 9.89 Å². The van der Waals surface area contributed by atoms with Crippen molar-refractivity contribution < 1.29 is 9.53 Å². The smallest absolute Gasteiger partial charge is 0.326 e. The molecule has 0 fully saturated rings. The van der Waals surface area contributed by atoms with Crippen molar-refractivity contribution in [3.63, 3.8) is 0 Å². The van der Waals surface area contributed by atoms with Crippen molar-refractivity contribution in [1.29, 1.82) is 0 Å². The van der Waals surface area contributed by atoms with E-state index in [0.29, 0.717) is 13.0 Å². The Morgan fingerprint density at radius 3 is 2.90 bits per heavy atom. The first kappa shape index (κ1) is 17.0. The maximum absolute atomic E-state index is 12.2. The minimum Gasteiger partial charge on any atom is -0.465 e. The standard InChI is InChI=1S/C13H24N4O2S/c1-5-7-15-13(4,11(18)19-6-2)8-10(3)20-12-14-9-16-17-12/h9-10,15H,5-8H2,1-4H3,(H,14,16,17). The van der Waals surface area contributed by atoms with Crippen LogP contribution in [0.2, 0.25) is 0 Å². The molecule has 1 aromatic rings. The normalized spacial score (nSPS) is 15.6. The summed E-state index contributed by atoms with van der Waals surface area (Å²) < 4.78 is 5.19. The number of ether oxygens (including phenoxy) is 1. The van der Waals surface area contributed by atoms with Crippen LogP contribution in [0.5, 0.6) is 0 Å². The third-order valence-corrected chi connectivity index (χ3v) is 3.88. The highest BCUT2D eigenvalue weighted by molar-refractivity contribution is 7.99. The zero-order chi connectivity index (χ0) is 15.0. The van der Waals surface area contributed by atoms with Gasteiger partial charge in [0, 0.05) is 5.25 Å². The first-order valence-electron chi connectivity index (χ1n) is 6.96. The second-order valence-corrected chi connectivity index (χ2v) is 6.33. The van der Waals surface area contributed by atoms with E-state index in [2.05, 4.69) is 34.3 Å². The van der Waals surface area contributed by atoms with Crippen molar-refractivity contribution in [2.24, 2.45) is 0 Å². The predicted octanol–water partition coefficient (Wildman–Crippen LogP) is 2.00. The van der Waals surface area contributed by atoms with Gasteiger partial charge in [-0.1, -0.05) is 25.6 Å². The minimum absolute atomic E-state index is 0.196. The summed E-state index contributed by atoms with van der Waals surface area (Å²) in [5.41, 5.74) is -0.668. The number of carbonyl (C=O) groups is 1. The van der Waals surface area contributed by atoms with Gasteiger partial charge in [-0.15, -0.1) is 0 Å². The van der Waals surface area contributed by atoms with Crippen LogP contribution in [-0.2, 0) is 9.53 Å². The van der Waals surface area contributed by atoms with E-state index in [0.717, 1.165) is 18.1 Å². The number of H-pyrrole nitrogens is 1. The topological polar surface area (TPSA) is 79.9 Å². The molecule has 0 saturated heterocycles. The van der Waals surface area contributed by atoms with Gasteiger partial charge in [-0.05, 0) is 33.2 Å². The van der Waals surface area contributed by atoms with Gasteiger partial charge in [-0.2, -0.15) is 5.10 Å². The van der Waals surface area contributed by atoms with Crippen molar-refractivity contribution in [3.8, 4) is 0 Å². The van der Waals surface area contributed by atoms with E-state index in [1.165, 1.54) is 6.33 Å². The molecule has 2 atom stereocenters. The Morgan fingerprint density at radius 1 is 1.60 bits per heavy atom. The molecule has 6 nitrogen and oxygen atoms in total. The lowest BCUT2D eigenvalue weighted by Crippen LogP contribution is -2.52. The average molecular weight is 300 g/mol. The molecular formula is C13H24N4O2S. The number of aromatic nitrogens is 3. The maximum atomic E-state index is 12.2. The van der Waals surface area contributed by atoms with Gasteiger partial charge >= 0.3 is 5.97 Å². The molecule has 114 valence electrons. The van der Waals surface area contributed by atoms with Crippen LogP contribution >= 0.6 is 11.8 Å². The Kier molecular flexibility index (Phi) is 7.01. The number of hydrogen-bond acceptors (Lipinski definition) is 6. The van der Waals surface area contributed by atoms with Crippen LogP contribution in [0.4, 0.5) is 0 Å². The molecule has 0 saturated carbocycles. The molecule has 20 heavy (non-hydrogen) atoms. The molecule has 1 rings (SSSR count). The number of carbonyl (C=O) groups excluding carboxylic acids is 1. The Balaban J connectivity index is 2.64. The van der Waals surface area contributed by atoms with E-state index < -0.39 is 5.54 Å². The van der Waals surface area contributed by atoms with Crippen molar-refractivity contribution in [3.05, 3.63) is 6.33 Å². The van der Waals surface area contributed by atoms with Gasteiger partial charge in [0.25, 0.3) is 0 Å². The molecule has 0 bridgehead atoms. The van der Waals surface area contributed by atoms with Gasteiger partial charge in [0.05, 0.1) is 6.61 Å². The van der Waals surface area contributed by atoms with E-state index in [4.69, 9.17) is 4.74 Å². The Labute approximate surface area is 124 Å². The number of esters is 1. The summed E-state index contributed by atoms with van der Waals surface area (Å²) in [6.45, 7) is 9.05. The van der Waals surface area contributed by atoms with Crippen LogP contribution in [0.25, 0.3) is 0 Å². The molecule has 0 aliphatic heterocycles.